The lowest BCUT2D eigenvalue weighted by Gasteiger charge is -2.00. The van der Waals surface area contributed by atoms with Crippen LogP contribution in [-0.2, 0) is 0 Å². The molecule has 1 aromatic rings. The van der Waals surface area contributed by atoms with Gasteiger partial charge >= 0.3 is 0 Å². The Labute approximate surface area is 80.3 Å². The first-order valence-corrected chi connectivity index (χ1v) is 3.54. The lowest BCUT2D eigenvalue weighted by Crippen LogP contribution is -1.91. The molecule has 0 aliphatic heterocycles. The van der Waals surface area contributed by atoms with Crippen molar-refractivity contribution in [3.63, 3.8) is 0 Å². The summed E-state index contributed by atoms with van der Waals surface area (Å²) in [6.45, 7) is 0. The van der Waals surface area contributed by atoms with E-state index in [1.54, 1.807) is 0 Å². The van der Waals surface area contributed by atoms with Crippen molar-refractivity contribution in [1.29, 1.82) is 0 Å². The molecule has 1 N–H and O–H groups in total. The van der Waals surface area contributed by atoms with E-state index >= 15 is 0 Å². The molecule has 0 amide bonds. The molecule has 0 aliphatic rings. The highest BCUT2D eigenvalue weighted by Gasteiger charge is 2.13. The third-order valence-corrected chi connectivity index (χ3v) is 1.62. The minimum Gasteiger partial charge on any atom is -0.505 e. The summed E-state index contributed by atoms with van der Waals surface area (Å²) in [4.78, 5) is 9.81. The molecule has 0 aromatic heterocycles. The van der Waals surface area contributed by atoms with E-state index in [0.717, 1.165) is 12.1 Å². The van der Waals surface area contributed by atoms with Crippen LogP contribution in [0, 0.1) is 34.8 Å². The maximum absolute atomic E-state index is 10.4. The number of nitro groups is 1. The smallest absolute Gasteiger partial charge is 0.272 e. The van der Waals surface area contributed by atoms with Crippen molar-refractivity contribution in [3.05, 3.63) is 33.4 Å². The van der Waals surface area contributed by atoms with Gasteiger partial charge in [-0.1, -0.05) is 11.8 Å². The van der Waals surface area contributed by atoms with E-state index in [2.05, 4.69) is 11.8 Å². The summed E-state index contributed by atoms with van der Waals surface area (Å²) in [5, 5.41) is 19.8. The normalized spacial score (nSPS) is 8.71. The van der Waals surface area contributed by atoms with Crippen LogP contribution in [-0.4, -0.2) is 10.0 Å². The Morgan fingerprint density at radius 2 is 1.71 bits per heavy atom. The first-order valence-electron chi connectivity index (χ1n) is 3.54. The van der Waals surface area contributed by atoms with Crippen LogP contribution in [0.4, 0.5) is 5.69 Å². The van der Waals surface area contributed by atoms with Gasteiger partial charge in [-0.3, -0.25) is 10.1 Å². The molecule has 4 heteroatoms. The van der Waals surface area contributed by atoms with Crippen molar-refractivity contribution in [3.8, 4) is 30.4 Å². The maximum Gasteiger partial charge on any atom is 0.272 e. The van der Waals surface area contributed by atoms with Gasteiger partial charge in [0.05, 0.1) is 16.1 Å². The van der Waals surface area contributed by atoms with Gasteiger partial charge in [-0.2, -0.15) is 0 Å². The van der Waals surface area contributed by atoms with Crippen molar-refractivity contribution in [1.82, 2.24) is 0 Å². The summed E-state index contributed by atoms with van der Waals surface area (Å²) in [7, 11) is 0. The van der Waals surface area contributed by atoms with Gasteiger partial charge in [0.1, 0.15) is 5.75 Å². The summed E-state index contributed by atoms with van der Waals surface area (Å²) < 4.78 is 0. The fourth-order valence-electron chi connectivity index (χ4n) is 0.945. The van der Waals surface area contributed by atoms with E-state index in [-0.39, 0.29) is 22.6 Å². The summed E-state index contributed by atoms with van der Waals surface area (Å²) in [5.74, 6) is 3.95. The van der Waals surface area contributed by atoms with Gasteiger partial charge in [-0.25, -0.2) is 0 Å². The molecule has 0 unspecified atom stereocenters. The number of terminal acetylenes is 2. The van der Waals surface area contributed by atoms with Gasteiger partial charge in [0.15, 0.2) is 0 Å². The predicted octanol–water partition coefficient (Wildman–Crippen LogP) is 1.26. The summed E-state index contributed by atoms with van der Waals surface area (Å²) >= 11 is 0. The van der Waals surface area contributed by atoms with Gasteiger partial charge in [0, 0.05) is 12.1 Å². The topological polar surface area (TPSA) is 63.4 Å². The van der Waals surface area contributed by atoms with Crippen LogP contribution in [0.3, 0.4) is 0 Å². The number of hydrogen-bond acceptors (Lipinski definition) is 3. The Balaban J connectivity index is 3.51. The monoisotopic (exact) mass is 187 g/mol. The SMILES string of the molecule is C#Cc1cc([N+](=O)[O-])cc(C#C)c1O. The molecular formula is C10H5NO3. The summed E-state index contributed by atoms with van der Waals surface area (Å²) in [5.41, 5.74) is -0.192. The number of non-ortho nitro benzene ring substituents is 1. The highest BCUT2D eigenvalue weighted by molar-refractivity contribution is 5.60. The molecule has 14 heavy (non-hydrogen) atoms. The molecule has 0 saturated carbocycles. The lowest BCUT2D eigenvalue weighted by atomic mass is 10.1. The predicted molar refractivity (Wildman–Crippen MR) is 50.6 cm³/mol. The molecule has 0 bridgehead atoms. The lowest BCUT2D eigenvalue weighted by molar-refractivity contribution is -0.384. The van der Waals surface area contributed by atoms with E-state index in [1.165, 1.54) is 0 Å². The third kappa shape index (κ3) is 1.50. The number of phenolic OH excluding ortho intramolecular Hbond substituents is 1. The van der Waals surface area contributed by atoms with Crippen molar-refractivity contribution in [2.45, 2.75) is 0 Å². The van der Waals surface area contributed by atoms with Crippen LogP contribution in [0.15, 0.2) is 12.1 Å². The second-order valence-corrected chi connectivity index (χ2v) is 2.44. The number of hydrogen-bond donors (Lipinski definition) is 1. The first kappa shape index (κ1) is 9.63. The second kappa shape index (κ2) is 3.51. The molecule has 68 valence electrons. The van der Waals surface area contributed by atoms with Crippen LogP contribution < -0.4 is 0 Å². The highest BCUT2D eigenvalue weighted by atomic mass is 16.6. The molecule has 1 rings (SSSR count). The van der Waals surface area contributed by atoms with Crippen molar-refractivity contribution in [2.75, 3.05) is 0 Å². The van der Waals surface area contributed by atoms with Crippen LogP contribution in [0.5, 0.6) is 5.75 Å². The van der Waals surface area contributed by atoms with E-state index in [9.17, 15) is 15.2 Å². The fourth-order valence-corrected chi connectivity index (χ4v) is 0.945. The summed E-state index contributed by atoms with van der Waals surface area (Å²) in [6, 6.07) is 2.19. The first-order chi connectivity index (χ1) is 6.60. The van der Waals surface area contributed by atoms with Gasteiger partial charge in [-0.05, 0) is 0 Å². The van der Waals surface area contributed by atoms with Crippen LogP contribution in [0.1, 0.15) is 11.1 Å². The number of nitro benzene ring substituents is 1. The van der Waals surface area contributed by atoms with Crippen LogP contribution in [0.25, 0.3) is 0 Å². The Morgan fingerprint density at radius 1 is 1.29 bits per heavy atom. The molecule has 0 atom stereocenters. The molecule has 0 radical (unpaired) electrons. The molecule has 1 aromatic carbocycles. The molecule has 0 spiro atoms. The van der Waals surface area contributed by atoms with Gasteiger partial charge in [0.25, 0.3) is 5.69 Å². The van der Waals surface area contributed by atoms with E-state index in [1.807, 2.05) is 0 Å². The zero-order valence-corrected chi connectivity index (χ0v) is 7.02. The average molecular weight is 187 g/mol. The van der Waals surface area contributed by atoms with Gasteiger partial charge in [-0.15, -0.1) is 12.8 Å². The van der Waals surface area contributed by atoms with Crippen molar-refractivity contribution in [2.24, 2.45) is 0 Å². The summed E-state index contributed by atoms with van der Waals surface area (Å²) in [6.07, 6.45) is 10.1. The average Bonchev–Trinajstić information content (AvgIpc) is 2.17. The minimum atomic E-state index is -0.624. The maximum atomic E-state index is 10.4. The van der Waals surface area contributed by atoms with Gasteiger partial charge < -0.3 is 5.11 Å². The zero-order chi connectivity index (χ0) is 10.7. The van der Waals surface area contributed by atoms with Gasteiger partial charge in [0.2, 0.25) is 0 Å². The number of aromatic hydroxyl groups is 1. The van der Waals surface area contributed by atoms with E-state index < -0.39 is 4.92 Å². The van der Waals surface area contributed by atoms with Crippen LogP contribution >= 0.6 is 0 Å². The van der Waals surface area contributed by atoms with Crippen LogP contribution in [0.2, 0.25) is 0 Å². The Kier molecular flexibility index (Phi) is 2.41. The quantitative estimate of drug-likeness (QED) is 0.409. The largest absolute Gasteiger partial charge is 0.505 e. The third-order valence-electron chi connectivity index (χ3n) is 1.62. The Hall–Kier alpha value is -2.46. The van der Waals surface area contributed by atoms with E-state index in [0.29, 0.717) is 0 Å². The number of nitrogens with zero attached hydrogens (tertiary/aromatic N) is 1. The number of rotatable bonds is 1. The fraction of sp³-hybridized carbons (Fsp3) is 0. The molecule has 0 fully saturated rings. The zero-order valence-electron chi connectivity index (χ0n) is 7.02. The Morgan fingerprint density at radius 3 is 2.00 bits per heavy atom. The van der Waals surface area contributed by atoms with E-state index in [4.69, 9.17) is 12.8 Å². The Bertz CT molecular complexity index is 442. The highest BCUT2D eigenvalue weighted by Crippen LogP contribution is 2.26. The standard InChI is InChI=1S/C10H5NO3/c1-3-7-5-9(11(13)14)6-8(4-2)10(7)12/h1-2,5-6,12H. The molecule has 0 heterocycles. The van der Waals surface area contributed by atoms with Crippen molar-refractivity contribution >= 4 is 5.69 Å². The second-order valence-electron chi connectivity index (χ2n) is 2.44. The number of phenols is 1. The molecule has 0 saturated heterocycles. The number of benzene rings is 1. The minimum absolute atomic E-state index is 0.0205. The molecule has 4 nitrogen and oxygen atoms in total. The van der Waals surface area contributed by atoms with Crippen molar-refractivity contribution < 1.29 is 10.0 Å². The molecule has 0 aliphatic carbocycles. The molecular weight excluding hydrogens is 182 g/mol.